The van der Waals surface area contributed by atoms with Gasteiger partial charge in [-0.15, -0.1) is 0 Å². The first-order chi connectivity index (χ1) is 7.04. The molecular formula is C10H17N3O2. The van der Waals surface area contributed by atoms with Crippen molar-refractivity contribution >= 4 is 5.82 Å². The van der Waals surface area contributed by atoms with Gasteiger partial charge in [-0.3, -0.25) is 0 Å². The van der Waals surface area contributed by atoms with Gasteiger partial charge < -0.3 is 21.7 Å². The number of aromatic nitrogens is 1. The summed E-state index contributed by atoms with van der Waals surface area (Å²) in [7, 11) is 0. The first-order valence-electron chi connectivity index (χ1n) is 4.85. The van der Waals surface area contributed by atoms with Crippen LogP contribution in [0, 0.1) is 6.92 Å². The molecule has 1 rings (SSSR count). The maximum absolute atomic E-state index is 9.75. The van der Waals surface area contributed by atoms with E-state index in [1.807, 2.05) is 6.92 Å². The van der Waals surface area contributed by atoms with Crippen molar-refractivity contribution in [2.24, 2.45) is 5.73 Å². The molecule has 0 aliphatic rings. The topological polar surface area (TPSA) is 105 Å². The molecule has 2 atom stereocenters. The van der Waals surface area contributed by atoms with Crippen LogP contribution in [-0.2, 0) is 0 Å². The van der Waals surface area contributed by atoms with Gasteiger partial charge in [0.2, 0.25) is 0 Å². The molecule has 0 saturated heterocycles. The second kappa shape index (κ2) is 5.06. The van der Waals surface area contributed by atoms with E-state index >= 15 is 0 Å². The molecule has 0 aliphatic carbocycles. The zero-order valence-corrected chi connectivity index (χ0v) is 8.72. The van der Waals surface area contributed by atoms with Gasteiger partial charge in [-0.25, -0.2) is 4.98 Å². The van der Waals surface area contributed by atoms with Crippen LogP contribution in [-0.4, -0.2) is 27.8 Å². The second-order valence-corrected chi connectivity index (χ2v) is 3.58. The highest BCUT2D eigenvalue weighted by Crippen LogP contribution is 2.19. The number of nitrogen functional groups attached to an aromatic ring is 1. The molecule has 0 bridgehead atoms. The summed E-state index contributed by atoms with van der Waals surface area (Å²) in [6, 6.07) is 3.40. The number of aliphatic hydroxyl groups excluding tert-OH is 2. The van der Waals surface area contributed by atoms with E-state index in [0.717, 1.165) is 5.56 Å². The van der Waals surface area contributed by atoms with Crippen LogP contribution >= 0.6 is 0 Å². The van der Waals surface area contributed by atoms with Crippen LogP contribution in [0.25, 0.3) is 0 Å². The average Bonchev–Trinajstić information content (AvgIpc) is 2.15. The normalized spacial score (nSPS) is 14.9. The van der Waals surface area contributed by atoms with E-state index in [9.17, 15) is 10.2 Å². The summed E-state index contributed by atoms with van der Waals surface area (Å²) in [5, 5.41) is 19.3. The predicted octanol–water partition coefficient (Wildman–Crippen LogP) is -0.285. The van der Waals surface area contributed by atoms with Crippen molar-refractivity contribution in [3.05, 3.63) is 23.4 Å². The first-order valence-corrected chi connectivity index (χ1v) is 4.85. The predicted molar refractivity (Wildman–Crippen MR) is 58.0 cm³/mol. The Morgan fingerprint density at radius 2 is 2.07 bits per heavy atom. The fourth-order valence-electron chi connectivity index (χ4n) is 1.40. The van der Waals surface area contributed by atoms with E-state index in [1.165, 1.54) is 0 Å². The van der Waals surface area contributed by atoms with Gasteiger partial charge in [0.25, 0.3) is 0 Å². The van der Waals surface area contributed by atoms with Crippen LogP contribution in [0.2, 0.25) is 0 Å². The molecule has 5 nitrogen and oxygen atoms in total. The van der Waals surface area contributed by atoms with E-state index in [4.69, 9.17) is 11.5 Å². The molecule has 0 aliphatic heterocycles. The lowest BCUT2D eigenvalue weighted by atomic mass is 10.1. The lowest BCUT2D eigenvalue weighted by molar-refractivity contribution is 0.0125. The quantitative estimate of drug-likeness (QED) is 0.548. The molecule has 0 radical (unpaired) electrons. The first kappa shape index (κ1) is 11.9. The molecule has 1 heterocycles. The monoisotopic (exact) mass is 211 g/mol. The molecule has 0 saturated carbocycles. The minimum absolute atomic E-state index is 0.319. The highest BCUT2D eigenvalue weighted by Gasteiger charge is 2.19. The fourth-order valence-corrected chi connectivity index (χ4v) is 1.40. The Kier molecular flexibility index (Phi) is 4.02. The summed E-state index contributed by atoms with van der Waals surface area (Å²) < 4.78 is 0. The summed E-state index contributed by atoms with van der Waals surface area (Å²) in [5.41, 5.74) is 12.1. The molecule has 84 valence electrons. The minimum Gasteiger partial charge on any atom is -0.390 e. The van der Waals surface area contributed by atoms with Crippen molar-refractivity contribution in [1.29, 1.82) is 0 Å². The van der Waals surface area contributed by atoms with Gasteiger partial charge in [0.05, 0.1) is 11.8 Å². The Bertz CT molecular complexity index is 310. The molecule has 0 spiro atoms. The van der Waals surface area contributed by atoms with Gasteiger partial charge in [-0.05, 0) is 37.6 Å². The smallest absolute Gasteiger partial charge is 0.123 e. The van der Waals surface area contributed by atoms with Gasteiger partial charge in [0.1, 0.15) is 11.9 Å². The molecule has 0 aromatic carbocycles. The number of anilines is 1. The number of hydrogen-bond acceptors (Lipinski definition) is 5. The molecule has 15 heavy (non-hydrogen) atoms. The Labute approximate surface area is 88.7 Å². The summed E-state index contributed by atoms with van der Waals surface area (Å²) >= 11 is 0. The number of aryl methyl sites for hydroxylation is 1. The van der Waals surface area contributed by atoms with E-state index in [1.54, 1.807) is 12.1 Å². The minimum atomic E-state index is -1.03. The van der Waals surface area contributed by atoms with Crippen LogP contribution in [0.5, 0.6) is 0 Å². The third-order valence-corrected chi connectivity index (χ3v) is 2.14. The van der Waals surface area contributed by atoms with Crippen LogP contribution < -0.4 is 11.5 Å². The van der Waals surface area contributed by atoms with Gasteiger partial charge in [0.15, 0.2) is 0 Å². The third kappa shape index (κ3) is 3.16. The molecule has 6 N–H and O–H groups in total. The van der Waals surface area contributed by atoms with Crippen molar-refractivity contribution in [3.63, 3.8) is 0 Å². The molecular weight excluding hydrogens is 194 g/mol. The van der Waals surface area contributed by atoms with Crippen molar-refractivity contribution < 1.29 is 10.2 Å². The SMILES string of the molecule is Cc1cc(N)nc(C(O)C(O)CCN)c1. The summed E-state index contributed by atoms with van der Waals surface area (Å²) in [5.74, 6) is 0.337. The van der Waals surface area contributed by atoms with Gasteiger partial charge in [-0.1, -0.05) is 0 Å². The highest BCUT2D eigenvalue weighted by molar-refractivity contribution is 5.34. The second-order valence-electron chi connectivity index (χ2n) is 3.58. The van der Waals surface area contributed by atoms with E-state index in [2.05, 4.69) is 4.98 Å². The van der Waals surface area contributed by atoms with Gasteiger partial charge in [-0.2, -0.15) is 0 Å². The van der Waals surface area contributed by atoms with Crippen LogP contribution in [0.3, 0.4) is 0 Å². The largest absolute Gasteiger partial charge is 0.390 e. The average molecular weight is 211 g/mol. The van der Waals surface area contributed by atoms with Crippen molar-refractivity contribution in [3.8, 4) is 0 Å². The summed E-state index contributed by atoms with van der Waals surface area (Å²) in [6.45, 7) is 2.17. The number of aliphatic hydroxyl groups is 2. The van der Waals surface area contributed by atoms with E-state index in [-0.39, 0.29) is 0 Å². The van der Waals surface area contributed by atoms with Crippen LogP contribution in [0.1, 0.15) is 23.8 Å². The Hall–Kier alpha value is -1.17. The highest BCUT2D eigenvalue weighted by atomic mass is 16.3. The maximum Gasteiger partial charge on any atom is 0.123 e. The lowest BCUT2D eigenvalue weighted by Gasteiger charge is -2.17. The Morgan fingerprint density at radius 1 is 1.40 bits per heavy atom. The van der Waals surface area contributed by atoms with Crippen molar-refractivity contribution in [2.75, 3.05) is 12.3 Å². The lowest BCUT2D eigenvalue weighted by Crippen LogP contribution is -2.22. The molecule has 0 amide bonds. The van der Waals surface area contributed by atoms with E-state index < -0.39 is 12.2 Å². The van der Waals surface area contributed by atoms with Crippen molar-refractivity contribution in [2.45, 2.75) is 25.6 Å². The van der Waals surface area contributed by atoms with Crippen molar-refractivity contribution in [1.82, 2.24) is 4.98 Å². The molecule has 1 aromatic heterocycles. The summed E-state index contributed by atoms with van der Waals surface area (Å²) in [4.78, 5) is 3.96. The zero-order chi connectivity index (χ0) is 11.4. The fraction of sp³-hybridized carbons (Fsp3) is 0.500. The van der Waals surface area contributed by atoms with Gasteiger partial charge >= 0.3 is 0 Å². The number of rotatable bonds is 4. The third-order valence-electron chi connectivity index (χ3n) is 2.14. The number of nitrogens with two attached hydrogens (primary N) is 2. The molecule has 5 heteroatoms. The number of nitrogens with zero attached hydrogens (tertiary/aromatic N) is 1. The Balaban J connectivity index is 2.85. The van der Waals surface area contributed by atoms with Gasteiger partial charge in [0, 0.05) is 0 Å². The molecule has 2 unspecified atom stereocenters. The number of pyridine rings is 1. The van der Waals surface area contributed by atoms with Crippen LogP contribution in [0.4, 0.5) is 5.82 Å². The maximum atomic E-state index is 9.75. The molecule has 1 aromatic rings. The molecule has 0 fully saturated rings. The summed E-state index contributed by atoms with van der Waals surface area (Å²) in [6.07, 6.45) is -1.60. The van der Waals surface area contributed by atoms with E-state index in [0.29, 0.717) is 24.5 Å². The zero-order valence-electron chi connectivity index (χ0n) is 8.72. The standard InChI is InChI=1S/C10H17N3O2/c1-6-4-7(13-9(12)5-6)10(15)8(14)2-3-11/h4-5,8,10,14-15H,2-3,11H2,1H3,(H2,12,13). The van der Waals surface area contributed by atoms with Crippen LogP contribution in [0.15, 0.2) is 12.1 Å². The Morgan fingerprint density at radius 3 is 2.60 bits per heavy atom. The number of hydrogen-bond donors (Lipinski definition) is 4.